The Kier molecular flexibility index (Phi) is 6.13. The fraction of sp³-hybridized carbons (Fsp3) is 0.571. The van der Waals surface area contributed by atoms with Crippen LogP contribution in [-0.4, -0.2) is 39.5 Å². The van der Waals surface area contributed by atoms with Crippen LogP contribution in [0, 0.1) is 0 Å². The van der Waals surface area contributed by atoms with E-state index >= 15 is 0 Å². The van der Waals surface area contributed by atoms with Crippen molar-refractivity contribution in [1.29, 1.82) is 0 Å². The third-order valence-electron chi connectivity index (χ3n) is 3.48. The Morgan fingerprint density at radius 1 is 1.35 bits per heavy atom. The molecule has 0 spiro atoms. The quantitative estimate of drug-likeness (QED) is 0.825. The van der Waals surface area contributed by atoms with Crippen LogP contribution in [0.5, 0.6) is 0 Å². The van der Waals surface area contributed by atoms with Crippen molar-refractivity contribution in [2.24, 2.45) is 5.73 Å². The van der Waals surface area contributed by atoms with Gasteiger partial charge in [0.25, 0.3) is 0 Å². The molecule has 20 heavy (non-hydrogen) atoms. The van der Waals surface area contributed by atoms with Gasteiger partial charge in [-0.25, -0.2) is 8.42 Å². The molecular weight excluding hydrogens is 276 g/mol. The fourth-order valence-electron chi connectivity index (χ4n) is 2.05. The highest BCUT2D eigenvalue weighted by atomic mass is 32.2. The number of methoxy groups -OCH3 is 1. The minimum absolute atomic E-state index is 0.225. The van der Waals surface area contributed by atoms with Crippen LogP contribution < -0.4 is 5.73 Å². The van der Waals surface area contributed by atoms with Gasteiger partial charge in [-0.15, -0.1) is 0 Å². The van der Waals surface area contributed by atoms with Crippen LogP contribution in [0.25, 0.3) is 0 Å². The summed E-state index contributed by atoms with van der Waals surface area (Å²) in [5, 5.41) is 0. The van der Waals surface area contributed by atoms with Crippen LogP contribution in [0.4, 0.5) is 0 Å². The Bertz CT molecular complexity index is 543. The summed E-state index contributed by atoms with van der Waals surface area (Å²) in [6.45, 7) is 4.52. The number of aryl methyl sites for hydroxylation is 1. The van der Waals surface area contributed by atoms with E-state index in [9.17, 15) is 8.42 Å². The summed E-state index contributed by atoms with van der Waals surface area (Å²) in [7, 11) is -0.401. The molecule has 0 saturated carbocycles. The first-order valence-electron chi connectivity index (χ1n) is 6.67. The first-order valence-corrected chi connectivity index (χ1v) is 8.11. The lowest BCUT2D eigenvalue weighted by atomic mass is 10.1. The molecule has 114 valence electrons. The number of hydrogen-bond donors (Lipinski definition) is 1. The van der Waals surface area contributed by atoms with Crippen LogP contribution in [0.1, 0.15) is 25.0 Å². The number of sulfonamides is 1. The molecule has 0 radical (unpaired) electrons. The molecule has 0 fully saturated rings. The topological polar surface area (TPSA) is 72.6 Å². The van der Waals surface area contributed by atoms with E-state index in [1.54, 1.807) is 26.3 Å². The molecule has 1 atom stereocenters. The summed E-state index contributed by atoms with van der Waals surface area (Å²) in [6, 6.07) is 4.93. The zero-order valence-electron chi connectivity index (χ0n) is 12.6. The number of nitrogens with two attached hydrogens (primary N) is 1. The molecular formula is C14H24N2O3S. The first kappa shape index (κ1) is 17.1. The average molecular weight is 300 g/mol. The molecule has 5 nitrogen and oxygen atoms in total. The van der Waals surface area contributed by atoms with E-state index < -0.39 is 10.0 Å². The third-order valence-corrected chi connectivity index (χ3v) is 5.45. The smallest absolute Gasteiger partial charge is 0.243 e. The Hall–Kier alpha value is -0.950. The molecule has 1 aromatic rings. The minimum Gasteiger partial charge on any atom is -0.383 e. The maximum atomic E-state index is 12.5. The summed E-state index contributed by atoms with van der Waals surface area (Å²) < 4.78 is 31.4. The maximum absolute atomic E-state index is 12.5. The van der Waals surface area contributed by atoms with Gasteiger partial charge in [0.1, 0.15) is 0 Å². The van der Waals surface area contributed by atoms with Crippen molar-refractivity contribution in [3.05, 3.63) is 29.3 Å². The van der Waals surface area contributed by atoms with Crippen LogP contribution in [-0.2, 0) is 27.7 Å². The lowest BCUT2D eigenvalue weighted by Gasteiger charge is -2.24. The number of hydrogen-bond acceptors (Lipinski definition) is 4. The van der Waals surface area contributed by atoms with Gasteiger partial charge in [0.05, 0.1) is 11.5 Å². The van der Waals surface area contributed by atoms with Crippen molar-refractivity contribution in [2.45, 2.75) is 37.8 Å². The van der Waals surface area contributed by atoms with Crippen LogP contribution in [0.3, 0.4) is 0 Å². The van der Waals surface area contributed by atoms with Gasteiger partial charge < -0.3 is 10.5 Å². The van der Waals surface area contributed by atoms with Gasteiger partial charge in [-0.3, -0.25) is 0 Å². The van der Waals surface area contributed by atoms with E-state index in [2.05, 4.69) is 0 Å². The Morgan fingerprint density at radius 3 is 2.50 bits per heavy atom. The molecule has 0 aliphatic rings. The largest absolute Gasteiger partial charge is 0.383 e. The minimum atomic E-state index is -3.52. The summed E-state index contributed by atoms with van der Waals surface area (Å²) >= 11 is 0. The van der Waals surface area contributed by atoms with Crippen molar-refractivity contribution in [3.8, 4) is 0 Å². The first-order chi connectivity index (χ1) is 9.38. The van der Waals surface area contributed by atoms with Crippen molar-refractivity contribution in [1.82, 2.24) is 4.31 Å². The molecule has 0 heterocycles. The Morgan fingerprint density at radius 2 is 2.00 bits per heavy atom. The van der Waals surface area contributed by atoms with Gasteiger partial charge in [0.15, 0.2) is 0 Å². The molecule has 1 rings (SSSR count). The van der Waals surface area contributed by atoms with E-state index in [-0.39, 0.29) is 10.9 Å². The lowest BCUT2D eigenvalue weighted by Crippen LogP contribution is -2.37. The summed E-state index contributed by atoms with van der Waals surface area (Å²) in [4.78, 5) is 0.278. The van der Waals surface area contributed by atoms with E-state index in [1.165, 1.54) is 4.31 Å². The fourth-order valence-corrected chi connectivity index (χ4v) is 3.45. The summed E-state index contributed by atoms with van der Waals surface area (Å²) in [6.07, 6.45) is 0.836. The number of rotatable bonds is 7. The molecule has 0 aliphatic heterocycles. The number of ether oxygens (including phenoxy) is 1. The third kappa shape index (κ3) is 3.58. The predicted octanol–water partition coefficient (Wildman–Crippen LogP) is 1.36. The van der Waals surface area contributed by atoms with Crippen molar-refractivity contribution >= 4 is 10.0 Å². The van der Waals surface area contributed by atoms with Crippen LogP contribution >= 0.6 is 0 Å². The van der Waals surface area contributed by atoms with Crippen molar-refractivity contribution in [3.63, 3.8) is 0 Å². The van der Waals surface area contributed by atoms with E-state index in [4.69, 9.17) is 10.5 Å². The molecule has 0 amide bonds. The second-order valence-electron chi connectivity index (χ2n) is 4.81. The highest BCUT2D eigenvalue weighted by Crippen LogP contribution is 2.20. The maximum Gasteiger partial charge on any atom is 0.243 e. The second kappa shape index (κ2) is 7.17. The zero-order valence-corrected chi connectivity index (χ0v) is 13.4. The summed E-state index contributed by atoms with van der Waals surface area (Å²) in [5.41, 5.74) is 7.65. The molecule has 0 bridgehead atoms. The van der Waals surface area contributed by atoms with Gasteiger partial charge in [0, 0.05) is 26.7 Å². The average Bonchev–Trinajstić information content (AvgIpc) is 2.45. The van der Waals surface area contributed by atoms with Crippen LogP contribution in [0.2, 0.25) is 0 Å². The van der Waals surface area contributed by atoms with E-state index in [0.29, 0.717) is 13.2 Å². The Balaban J connectivity index is 3.15. The summed E-state index contributed by atoms with van der Waals surface area (Å²) in [5.74, 6) is 0. The van der Waals surface area contributed by atoms with E-state index in [0.717, 1.165) is 17.5 Å². The van der Waals surface area contributed by atoms with Gasteiger partial charge >= 0.3 is 0 Å². The van der Waals surface area contributed by atoms with E-state index in [1.807, 2.05) is 19.9 Å². The van der Waals surface area contributed by atoms with Crippen LogP contribution in [0.15, 0.2) is 23.1 Å². The molecule has 6 heteroatoms. The van der Waals surface area contributed by atoms with Gasteiger partial charge in [0.2, 0.25) is 10.0 Å². The van der Waals surface area contributed by atoms with Gasteiger partial charge in [-0.05, 0) is 36.6 Å². The zero-order chi connectivity index (χ0) is 15.3. The monoisotopic (exact) mass is 300 g/mol. The van der Waals surface area contributed by atoms with Gasteiger partial charge in [-0.1, -0.05) is 13.0 Å². The second-order valence-corrected chi connectivity index (χ2v) is 6.81. The lowest BCUT2D eigenvalue weighted by molar-refractivity contribution is 0.149. The predicted molar refractivity (Wildman–Crippen MR) is 80.0 cm³/mol. The van der Waals surface area contributed by atoms with Gasteiger partial charge in [-0.2, -0.15) is 4.31 Å². The Labute approximate surface area is 121 Å². The number of benzene rings is 1. The highest BCUT2D eigenvalue weighted by molar-refractivity contribution is 7.89. The highest BCUT2D eigenvalue weighted by Gasteiger charge is 2.25. The number of likely N-dealkylation sites (N-methyl/N-ethyl adjacent to an activating group) is 1. The molecule has 2 N–H and O–H groups in total. The molecule has 0 saturated heterocycles. The SMILES string of the molecule is CCc1ccc(S(=O)(=O)N(C)C(C)COC)cc1CN. The molecule has 1 unspecified atom stereocenters. The van der Waals surface area contributed by atoms with Crippen molar-refractivity contribution in [2.75, 3.05) is 20.8 Å². The van der Waals surface area contributed by atoms with Crippen molar-refractivity contribution < 1.29 is 13.2 Å². The number of nitrogens with zero attached hydrogens (tertiary/aromatic N) is 1. The molecule has 0 aromatic heterocycles. The normalized spacial score (nSPS) is 13.7. The molecule has 1 aromatic carbocycles. The standard InChI is InChI=1S/C14H24N2O3S/c1-5-12-6-7-14(8-13(12)9-15)20(17,18)16(3)11(2)10-19-4/h6-8,11H,5,9-10,15H2,1-4H3. The molecule has 0 aliphatic carbocycles.